The second-order valence-electron chi connectivity index (χ2n) is 4.53. The first-order valence-corrected chi connectivity index (χ1v) is 6.57. The second kappa shape index (κ2) is 6.01. The van der Waals surface area contributed by atoms with Crippen molar-refractivity contribution in [1.82, 2.24) is 0 Å². The van der Waals surface area contributed by atoms with E-state index in [0.717, 1.165) is 25.7 Å². The maximum Gasteiger partial charge on any atom is 0.314 e. The van der Waals surface area contributed by atoms with Crippen LogP contribution in [0.5, 0.6) is 5.75 Å². The summed E-state index contributed by atoms with van der Waals surface area (Å²) in [5, 5.41) is -0.609. The number of ether oxygens (including phenoxy) is 1. The van der Waals surface area contributed by atoms with Crippen LogP contribution in [0.25, 0.3) is 0 Å². The van der Waals surface area contributed by atoms with Gasteiger partial charge in [-0.05, 0) is 36.6 Å². The molecule has 4 heteroatoms. The minimum atomic E-state index is -0.609. The number of hydrogen-bond acceptors (Lipinski definition) is 3. The van der Waals surface area contributed by atoms with Crippen molar-refractivity contribution in [3.8, 4) is 5.75 Å². The van der Waals surface area contributed by atoms with Crippen LogP contribution in [0.15, 0.2) is 24.3 Å². The highest BCUT2D eigenvalue weighted by molar-refractivity contribution is 6.68. The van der Waals surface area contributed by atoms with Crippen molar-refractivity contribution in [3.05, 3.63) is 29.8 Å². The van der Waals surface area contributed by atoms with Gasteiger partial charge in [0.05, 0.1) is 11.5 Å². The molecule has 1 aliphatic rings. The van der Waals surface area contributed by atoms with Gasteiger partial charge in [-0.1, -0.05) is 31.4 Å². The minimum Gasteiger partial charge on any atom is -0.425 e. The van der Waals surface area contributed by atoms with Crippen molar-refractivity contribution in [2.75, 3.05) is 0 Å². The summed E-state index contributed by atoms with van der Waals surface area (Å²) in [6.07, 6.45) is 5.05. The van der Waals surface area contributed by atoms with Crippen molar-refractivity contribution in [1.29, 1.82) is 0 Å². The Kier molecular flexibility index (Phi) is 4.37. The second-order valence-corrected chi connectivity index (χ2v) is 4.87. The van der Waals surface area contributed by atoms with Crippen molar-refractivity contribution >= 4 is 22.8 Å². The molecule has 2 rings (SSSR count). The zero-order valence-electron chi connectivity index (χ0n) is 10.0. The van der Waals surface area contributed by atoms with E-state index in [4.69, 9.17) is 16.3 Å². The molecule has 1 aromatic rings. The molecular weight excluding hydrogens is 252 g/mol. The summed E-state index contributed by atoms with van der Waals surface area (Å²) < 4.78 is 5.30. The van der Waals surface area contributed by atoms with Crippen LogP contribution in [0.3, 0.4) is 0 Å². The lowest BCUT2D eigenvalue weighted by Gasteiger charge is -2.20. The molecule has 1 fully saturated rings. The fourth-order valence-corrected chi connectivity index (χ4v) is 2.40. The van der Waals surface area contributed by atoms with E-state index >= 15 is 0 Å². The van der Waals surface area contributed by atoms with Crippen LogP contribution in [0, 0.1) is 5.92 Å². The van der Waals surface area contributed by atoms with Gasteiger partial charge in [-0.2, -0.15) is 0 Å². The van der Waals surface area contributed by atoms with Crippen molar-refractivity contribution in [2.24, 2.45) is 5.92 Å². The van der Waals surface area contributed by atoms with Crippen LogP contribution in [-0.2, 0) is 4.79 Å². The van der Waals surface area contributed by atoms with Gasteiger partial charge in [-0.15, -0.1) is 0 Å². The average Bonchev–Trinajstić information content (AvgIpc) is 2.40. The van der Waals surface area contributed by atoms with Crippen LogP contribution in [0.1, 0.15) is 42.5 Å². The van der Waals surface area contributed by atoms with E-state index in [9.17, 15) is 9.59 Å². The molecule has 0 aliphatic heterocycles. The van der Waals surface area contributed by atoms with Gasteiger partial charge in [0.2, 0.25) is 0 Å². The maximum absolute atomic E-state index is 12.0. The van der Waals surface area contributed by atoms with Crippen molar-refractivity contribution < 1.29 is 14.3 Å². The molecule has 3 nitrogen and oxygen atoms in total. The third-order valence-electron chi connectivity index (χ3n) is 3.25. The lowest BCUT2D eigenvalue weighted by atomic mass is 9.89. The minimum absolute atomic E-state index is 0.0442. The molecule has 0 atom stereocenters. The first kappa shape index (κ1) is 13.1. The standard InChI is InChI=1S/C14H15ClO3/c15-13(16)11-8-4-5-9-12(11)18-14(17)10-6-2-1-3-7-10/h4-5,8-10H,1-3,6-7H2. The Morgan fingerprint density at radius 2 is 1.78 bits per heavy atom. The molecule has 0 saturated heterocycles. The Morgan fingerprint density at radius 3 is 2.44 bits per heavy atom. The summed E-state index contributed by atoms with van der Waals surface area (Å²) in [5.74, 6) is -0.0367. The predicted molar refractivity (Wildman–Crippen MR) is 68.8 cm³/mol. The fourth-order valence-electron chi connectivity index (χ4n) is 2.25. The highest BCUT2D eigenvalue weighted by Gasteiger charge is 2.24. The van der Waals surface area contributed by atoms with Gasteiger partial charge < -0.3 is 4.74 Å². The number of hydrogen-bond donors (Lipinski definition) is 0. The lowest BCUT2D eigenvalue weighted by molar-refractivity contribution is -0.140. The first-order valence-electron chi connectivity index (χ1n) is 6.19. The maximum atomic E-state index is 12.0. The molecule has 0 amide bonds. The molecule has 0 bridgehead atoms. The zero-order chi connectivity index (χ0) is 13.0. The van der Waals surface area contributed by atoms with Crippen LogP contribution in [-0.4, -0.2) is 11.2 Å². The molecule has 96 valence electrons. The van der Waals surface area contributed by atoms with Gasteiger partial charge >= 0.3 is 5.97 Å². The van der Waals surface area contributed by atoms with E-state index in [1.54, 1.807) is 24.3 Å². The van der Waals surface area contributed by atoms with Crippen molar-refractivity contribution in [2.45, 2.75) is 32.1 Å². The Hall–Kier alpha value is -1.35. The monoisotopic (exact) mass is 266 g/mol. The van der Waals surface area contributed by atoms with E-state index in [2.05, 4.69) is 0 Å². The molecule has 0 spiro atoms. The predicted octanol–water partition coefficient (Wildman–Crippen LogP) is 3.55. The largest absolute Gasteiger partial charge is 0.425 e. The SMILES string of the molecule is O=C(Cl)c1ccccc1OC(=O)C1CCCCC1. The fraction of sp³-hybridized carbons (Fsp3) is 0.429. The van der Waals surface area contributed by atoms with Crippen LogP contribution in [0.4, 0.5) is 0 Å². The molecule has 1 aliphatic carbocycles. The Bertz CT molecular complexity index is 450. The summed E-state index contributed by atoms with van der Waals surface area (Å²) in [5.41, 5.74) is 0.239. The van der Waals surface area contributed by atoms with Gasteiger partial charge in [-0.25, -0.2) is 0 Å². The normalized spacial score (nSPS) is 16.3. The number of halogens is 1. The molecule has 1 saturated carbocycles. The zero-order valence-corrected chi connectivity index (χ0v) is 10.8. The number of carbonyl (C=O) groups excluding carboxylic acids is 2. The highest BCUT2D eigenvalue weighted by atomic mass is 35.5. The van der Waals surface area contributed by atoms with E-state index in [0.29, 0.717) is 0 Å². The number of rotatable bonds is 3. The molecule has 0 heterocycles. The third kappa shape index (κ3) is 3.10. The number of benzene rings is 1. The molecular formula is C14H15ClO3. The summed E-state index contributed by atoms with van der Waals surface area (Å²) >= 11 is 5.45. The highest BCUT2D eigenvalue weighted by Crippen LogP contribution is 2.27. The number of carbonyl (C=O) groups is 2. The van der Waals surface area contributed by atoms with Gasteiger partial charge in [0, 0.05) is 0 Å². The summed E-state index contributed by atoms with van der Waals surface area (Å²) in [4.78, 5) is 23.2. The average molecular weight is 267 g/mol. The van der Waals surface area contributed by atoms with Gasteiger partial charge in [0.15, 0.2) is 0 Å². The summed E-state index contributed by atoms with van der Waals surface area (Å²) in [6.45, 7) is 0. The topological polar surface area (TPSA) is 43.4 Å². The molecule has 0 unspecified atom stereocenters. The Morgan fingerprint density at radius 1 is 1.11 bits per heavy atom. The smallest absolute Gasteiger partial charge is 0.314 e. The van der Waals surface area contributed by atoms with Gasteiger partial charge in [-0.3, -0.25) is 9.59 Å². The molecule has 1 aromatic carbocycles. The number of para-hydroxylation sites is 1. The van der Waals surface area contributed by atoms with E-state index in [-0.39, 0.29) is 23.2 Å². The van der Waals surface area contributed by atoms with Crippen molar-refractivity contribution in [3.63, 3.8) is 0 Å². The van der Waals surface area contributed by atoms with E-state index < -0.39 is 5.24 Å². The molecule has 18 heavy (non-hydrogen) atoms. The van der Waals surface area contributed by atoms with Crippen LogP contribution in [0.2, 0.25) is 0 Å². The van der Waals surface area contributed by atoms with E-state index in [1.807, 2.05) is 0 Å². The molecule has 0 aromatic heterocycles. The van der Waals surface area contributed by atoms with Crippen LogP contribution < -0.4 is 4.74 Å². The molecule has 0 radical (unpaired) electrons. The molecule has 0 N–H and O–H groups in total. The van der Waals surface area contributed by atoms with Gasteiger partial charge in [0.25, 0.3) is 5.24 Å². The first-order chi connectivity index (χ1) is 8.68. The number of esters is 1. The third-order valence-corrected chi connectivity index (χ3v) is 3.45. The Balaban J connectivity index is 2.08. The Labute approximate surface area is 111 Å². The summed E-state index contributed by atoms with van der Waals surface area (Å²) in [7, 11) is 0. The van der Waals surface area contributed by atoms with Crippen LogP contribution >= 0.6 is 11.6 Å². The van der Waals surface area contributed by atoms with E-state index in [1.165, 1.54) is 6.42 Å². The lowest BCUT2D eigenvalue weighted by Crippen LogP contribution is -2.23. The van der Waals surface area contributed by atoms with Gasteiger partial charge in [0.1, 0.15) is 5.75 Å². The summed E-state index contributed by atoms with van der Waals surface area (Å²) in [6, 6.07) is 6.55. The quantitative estimate of drug-likeness (QED) is 0.477.